The second-order valence-electron chi connectivity index (χ2n) is 7.11. The van der Waals surface area contributed by atoms with Gasteiger partial charge >= 0.3 is 5.69 Å². The normalized spacial score (nSPS) is 10.9. The highest BCUT2D eigenvalue weighted by Gasteiger charge is 2.18. The van der Waals surface area contributed by atoms with Crippen LogP contribution in [-0.2, 0) is 11.3 Å². The van der Waals surface area contributed by atoms with Gasteiger partial charge in [0.05, 0.1) is 11.2 Å². The Balaban J connectivity index is 1.72. The Bertz CT molecular complexity index is 1390. The molecule has 0 bridgehead atoms. The van der Waals surface area contributed by atoms with Crippen molar-refractivity contribution in [2.75, 3.05) is 24.3 Å². The van der Waals surface area contributed by atoms with E-state index in [1.54, 1.807) is 47.8 Å². The second kappa shape index (κ2) is 8.41. The molecule has 2 heterocycles. The number of halogens is 1. The zero-order chi connectivity index (χ0) is 22.1. The van der Waals surface area contributed by atoms with Crippen LogP contribution in [0, 0.1) is 0 Å². The van der Waals surface area contributed by atoms with Gasteiger partial charge in [0.2, 0.25) is 5.91 Å². The lowest BCUT2D eigenvalue weighted by molar-refractivity contribution is -0.116. The van der Waals surface area contributed by atoms with Crippen LogP contribution in [0.2, 0.25) is 5.02 Å². The molecule has 2 aromatic carbocycles. The molecule has 158 valence electrons. The third-order valence-electron chi connectivity index (χ3n) is 4.79. The number of benzene rings is 2. The summed E-state index contributed by atoms with van der Waals surface area (Å²) in [7, 11) is 3.86. The number of anilines is 2. The molecule has 0 aliphatic rings. The molecule has 0 aliphatic carbocycles. The average Bonchev–Trinajstić information content (AvgIpc) is 3.22. The molecule has 4 aromatic rings. The fraction of sp³-hybridized carbons (Fsp3) is 0.136. The number of nitrogens with zero attached hydrogens (tertiary/aromatic N) is 3. The Hall–Kier alpha value is -3.36. The molecular weight excluding hydrogens is 436 g/mol. The lowest BCUT2D eigenvalue weighted by Crippen LogP contribution is -2.40. The van der Waals surface area contributed by atoms with E-state index >= 15 is 0 Å². The minimum Gasteiger partial charge on any atom is -0.378 e. The van der Waals surface area contributed by atoms with E-state index in [0.717, 1.165) is 10.3 Å². The number of thiophene rings is 1. The molecule has 4 rings (SSSR count). The maximum atomic E-state index is 13.2. The maximum Gasteiger partial charge on any atom is 0.336 e. The van der Waals surface area contributed by atoms with Crippen LogP contribution in [0.1, 0.15) is 0 Å². The molecule has 9 heteroatoms. The van der Waals surface area contributed by atoms with Crippen molar-refractivity contribution in [3.63, 3.8) is 0 Å². The highest BCUT2D eigenvalue weighted by Crippen LogP contribution is 2.19. The van der Waals surface area contributed by atoms with E-state index in [1.165, 1.54) is 15.9 Å². The molecular formula is C22H19ClN4O3S. The lowest BCUT2D eigenvalue weighted by Gasteiger charge is -2.14. The van der Waals surface area contributed by atoms with Crippen LogP contribution in [-0.4, -0.2) is 29.1 Å². The minimum atomic E-state index is -0.601. The molecule has 0 aliphatic heterocycles. The third-order valence-corrected chi connectivity index (χ3v) is 5.92. The first kappa shape index (κ1) is 20.9. The van der Waals surface area contributed by atoms with Crippen molar-refractivity contribution in [1.82, 2.24) is 9.13 Å². The molecule has 0 saturated carbocycles. The Morgan fingerprint density at radius 2 is 1.84 bits per heavy atom. The van der Waals surface area contributed by atoms with Gasteiger partial charge in [-0.25, -0.2) is 9.36 Å². The molecule has 0 atom stereocenters. The maximum absolute atomic E-state index is 13.2. The average molecular weight is 455 g/mol. The molecule has 31 heavy (non-hydrogen) atoms. The number of amides is 1. The van der Waals surface area contributed by atoms with Gasteiger partial charge in [-0.15, -0.1) is 11.3 Å². The monoisotopic (exact) mass is 454 g/mol. The molecule has 0 spiro atoms. The quantitative estimate of drug-likeness (QED) is 0.500. The molecule has 7 nitrogen and oxygen atoms in total. The standard InChI is InChI=1S/C22H19ClN4O3S/c1-25(2)16-8-6-15(7-9-16)24-19(28)13-26-18-10-11-31-20(18)21(29)27(22(26)30)17-5-3-4-14(23)12-17/h3-12H,13H2,1-2H3,(H,24,28). The molecule has 2 aromatic heterocycles. The van der Waals surface area contributed by atoms with Crippen molar-refractivity contribution in [3.8, 4) is 5.69 Å². The number of hydrogen-bond acceptors (Lipinski definition) is 5. The third kappa shape index (κ3) is 4.12. The minimum absolute atomic E-state index is 0.234. The van der Waals surface area contributed by atoms with E-state index < -0.39 is 11.2 Å². The SMILES string of the molecule is CN(C)c1ccc(NC(=O)Cn2c(=O)n(-c3cccc(Cl)c3)c(=O)c3sccc32)cc1. The predicted molar refractivity (Wildman–Crippen MR) is 126 cm³/mol. The topological polar surface area (TPSA) is 76.3 Å². The van der Waals surface area contributed by atoms with Crippen LogP contribution in [0.4, 0.5) is 11.4 Å². The number of rotatable bonds is 5. The first-order valence-electron chi connectivity index (χ1n) is 9.41. The molecule has 0 fully saturated rings. The number of nitrogens with one attached hydrogen (secondary N) is 1. The fourth-order valence-corrected chi connectivity index (χ4v) is 4.28. The summed E-state index contributed by atoms with van der Waals surface area (Å²) in [5, 5.41) is 4.93. The van der Waals surface area contributed by atoms with E-state index in [1.807, 2.05) is 31.1 Å². The number of hydrogen-bond donors (Lipinski definition) is 1. The number of carbonyl (C=O) groups is 1. The highest BCUT2D eigenvalue weighted by molar-refractivity contribution is 7.17. The number of carbonyl (C=O) groups excluding carboxylic acids is 1. The van der Waals surface area contributed by atoms with Crippen LogP contribution in [0.5, 0.6) is 0 Å². The van der Waals surface area contributed by atoms with E-state index in [0.29, 0.717) is 26.6 Å². The summed E-state index contributed by atoms with van der Waals surface area (Å²) >= 11 is 7.28. The summed E-state index contributed by atoms with van der Waals surface area (Å²) in [5.41, 5.74) is 1.36. The van der Waals surface area contributed by atoms with Gasteiger partial charge in [-0.3, -0.25) is 14.2 Å². The van der Waals surface area contributed by atoms with E-state index in [4.69, 9.17) is 11.6 Å². The van der Waals surface area contributed by atoms with Crippen molar-refractivity contribution >= 4 is 50.4 Å². The zero-order valence-electron chi connectivity index (χ0n) is 16.8. The first-order valence-corrected chi connectivity index (χ1v) is 10.7. The molecule has 1 amide bonds. The second-order valence-corrected chi connectivity index (χ2v) is 8.47. The summed E-state index contributed by atoms with van der Waals surface area (Å²) in [5.74, 6) is -0.372. The summed E-state index contributed by atoms with van der Waals surface area (Å²) in [4.78, 5) is 40.8. The van der Waals surface area contributed by atoms with Gasteiger partial charge in [0.25, 0.3) is 5.56 Å². The summed E-state index contributed by atoms with van der Waals surface area (Å²) in [6, 6.07) is 15.5. The molecule has 0 saturated heterocycles. The van der Waals surface area contributed by atoms with Gasteiger partial charge in [-0.1, -0.05) is 17.7 Å². The van der Waals surface area contributed by atoms with Crippen molar-refractivity contribution in [3.05, 3.63) is 85.8 Å². The Morgan fingerprint density at radius 3 is 2.52 bits per heavy atom. The predicted octanol–water partition coefficient (Wildman–Crippen LogP) is 3.57. The van der Waals surface area contributed by atoms with Crippen LogP contribution in [0.3, 0.4) is 0 Å². The summed E-state index contributed by atoms with van der Waals surface area (Å²) in [6.45, 7) is -0.234. The lowest BCUT2D eigenvalue weighted by atomic mass is 10.2. The Labute approximate surface area is 186 Å². The smallest absolute Gasteiger partial charge is 0.336 e. The van der Waals surface area contributed by atoms with Crippen molar-refractivity contribution in [1.29, 1.82) is 0 Å². The largest absolute Gasteiger partial charge is 0.378 e. The van der Waals surface area contributed by atoms with Gasteiger partial charge in [0, 0.05) is 30.5 Å². The van der Waals surface area contributed by atoms with Crippen LogP contribution in [0.15, 0.2) is 69.6 Å². The molecule has 0 unspecified atom stereocenters. The van der Waals surface area contributed by atoms with Crippen molar-refractivity contribution in [2.24, 2.45) is 0 Å². The summed E-state index contributed by atoms with van der Waals surface area (Å²) < 4.78 is 2.74. The van der Waals surface area contributed by atoms with Gasteiger partial charge in [-0.05, 0) is 53.9 Å². The van der Waals surface area contributed by atoms with Gasteiger partial charge in [0.15, 0.2) is 0 Å². The van der Waals surface area contributed by atoms with E-state index in [-0.39, 0.29) is 12.5 Å². The fourth-order valence-electron chi connectivity index (χ4n) is 3.27. The van der Waals surface area contributed by atoms with Gasteiger partial charge in [0.1, 0.15) is 11.2 Å². The van der Waals surface area contributed by atoms with Gasteiger partial charge < -0.3 is 10.2 Å². The molecule has 0 radical (unpaired) electrons. The first-order chi connectivity index (χ1) is 14.8. The number of fused-ring (bicyclic) bond motifs is 1. The van der Waals surface area contributed by atoms with E-state index in [9.17, 15) is 14.4 Å². The number of aromatic nitrogens is 2. The van der Waals surface area contributed by atoms with Crippen molar-refractivity contribution < 1.29 is 4.79 Å². The van der Waals surface area contributed by atoms with Crippen LogP contribution < -0.4 is 21.5 Å². The highest BCUT2D eigenvalue weighted by atomic mass is 35.5. The molecule has 1 N–H and O–H groups in total. The zero-order valence-corrected chi connectivity index (χ0v) is 18.4. The van der Waals surface area contributed by atoms with Crippen molar-refractivity contribution in [2.45, 2.75) is 6.54 Å². The summed E-state index contributed by atoms with van der Waals surface area (Å²) in [6.07, 6.45) is 0. The van der Waals surface area contributed by atoms with E-state index in [2.05, 4.69) is 5.32 Å². The van der Waals surface area contributed by atoms with Crippen LogP contribution >= 0.6 is 22.9 Å². The Morgan fingerprint density at radius 1 is 1.10 bits per heavy atom. The van der Waals surface area contributed by atoms with Crippen LogP contribution in [0.25, 0.3) is 15.9 Å². The Kier molecular flexibility index (Phi) is 5.67. The van der Waals surface area contributed by atoms with Gasteiger partial charge in [-0.2, -0.15) is 0 Å².